The largest absolute Gasteiger partial charge is 0.464 e. The molecular formula is C34H35FN2O3. The third-order valence-corrected chi connectivity index (χ3v) is 8.21. The summed E-state index contributed by atoms with van der Waals surface area (Å²) in [6.07, 6.45) is 2.48. The van der Waals surface area contributed by atoms with Gasteiger partial charge in [-0.15, -0.1) is 0 Å². The molecule has 3 aliphatic rings. The van der Waals surface area contributed by atoms with E-state index in [1.54, 1.807) is 19.1 Å². The van der Waals surface area contributed by atoms with Gasteiger partial charge in [0.1, 0.15) is 11.9 Å². The Labute approximate surface area is 235 Å². The van der Waals surface area contributed by atoms with Crippen LogP contribution >= 0.6 is 0 Å². The summed E-state index contributed by atoms with van der Waals surface area (Å²) in [5.41, 5.74) is 2.58. The third-order valence-electron chi connectivity index (χ3n) is 8.21. The molecule has 2 aliphatic heterocycles. The van der Waals surface area contributed by atoms with Crippen LogP contribution < -0.4 is 0 Å². The van der Waals surface area contributed by atoms with Gasteiger partial charge >= 0.3 is 5.97 Å². The first-order valence-electron chi connectivity index (χ1n) is 14.0. The van der Waals surface area contributed by atoms with Crippen LogP contribution in [-0.2, 0) is 14.3 Å². The average Bonchev–Trinajstić information content (AvgIpc) is 2.99. The molecule has 0 spiro atoms. The van der Waals surface area contributed by atoms with E-state index in [2.05, 4.69) is 16.7 Å². The van der Waals surface area contributed by atoms with Gasteiger partial charge in [-0.2, -0.15) is 0 Å². The van der Waals surface area contributed by atoms with Crippen LogP contribution in [0.4, 0.5) is 4.39 Å². The molecule has 2 bridgehead atoms. The monoisotopic (exact) mass is 538 g/mol. The molecule has 3 aromatic carbocycles. The zero-order chi connectivity index (χ0) is 28.1. The quantitative estimate of drug-likeness (QED) is 0.305. The fraction of sp³-hybridized carbons (Fsp3) is 0.353. The van der Waals surface area contributed by atoms with Crippen molar-refractivity contribution >= 4 is 11.9 Å². The first-order chi connectivity index (χ1) is 19.5. The topological polar surface area (TPSA) is 49.9 Å². The van der Waals surface area contributed by atoms with Gasteiger partial charge in [-0.3, -0.25) is 9.69 Å². The van der Waals surface area contributed by atoms with Crippen molar-refractivity contribution in [2.75, 3.05) is 20.2 Å². The van der Waals surface area contributed by atoms with E-state index in [4.69, 9.17) is 4.74 Å². The van der Waals surface area contributed by atoms with E-state index in [0.29, 0.717) is 6.54 Å². The Morgan fingerprint density at radius 1 is 0.975 bits per heavy atom. The van der Waals surface area contributed by atoms with Crippen LogP contribution in [0.2, 0.25) is 0 Å². The second-order valence-corrected chi connectivity index (χ2v) is 10.6. The van der Waals surface area contributed by atoms with Crippen molar-refractivity contribution in [1.29, 1.82) is 0 Å². The lowest BCUT2D eigenvalue weighted by atomic mass is 9.69. The number of esters is 1. The molecule has 206 valence electrons. The number of hydrogen-bond acceptors (Lipinski definition) is 4. The summed E-state index contributed by atoms with van der Waals surface area (Å²) in [4.78, 5) is 32.0. The minimum Gasteiger partial charge on any atom is -0.464 e. The number of hydrogen-bond donors (Lipinski definition) is 0. The van der Waals surface area contributed by atoms with Gasteiger partial charge in [-0.25, -0.2) is 9.18 Å². The van der Waals surface area contributed by atoms with Gasteiger partial charge in [0.05, 0.1) is 19.1 Å². The summed E-state index contributed by atoms with van der Waals surface area (Å²) in [7, 11) is 2.02. The Bertz CT molecular complexity index is 1330. The van der Waals surface area contributed by atoms with Gasteiger partial charge in [-0.1, -0.05) is 72.5 Å². The summed E-state index contributed by atoms with van der Waals surface area (Å²) in [5.74, 6) is 5.07. The molecule has 1 aliphatic carbocycles. The summed E-state index contributed by atoms with van der Waals surface area (Å²) < 4.78 is 18.8. The maximum absolute atomic E-state index is 14.5. The molecule has 2 saturated heterocycles. The minimum atomic E-state index is -0.646. The van der Waals surface area contributed by atoms with Crippen LogP contribution in [0.5, 0.6) is 0 Å². The van der Waals surface area contributed by atoms with Gasteiger partial charge < -0.3 is 9.64 Å². The highest BCUT2D eigenvalue weighted by Gasteiger charge is 2.54. The van der Waals surface area contributed by atoms with Crippen molar-refractivity contribution in [3.05, 3.63) is 107 Å². The van der Waals surface area contributed by atoms with Gasteiger partial charge in [-0.05, 0) is 68.6 Å². The number of benzene rings is 3. The average molecular weight is 539 g/mol. The van der Waals surface area contributed by atoms with Crippen LogP contribution in [0.3, 0.4) is 0 Å². The number of rotatable bonds is 7. The van der Waals surface area contributed by atoms with Crippen molar-refractivity contribution < 1.29 is 18.7 Å². The van der Waals surface area contributed by atoms with Crippen LogP contribution in [0.15, 0.2) is 84.9 Å². The first-order valence-corrected chi connectivity index (χ1v) is 14.0. The maximum atomic E-state index is 14.5. The predicted molar refractivity (Wildman–Crippen MR) is 153 cm³/mol. The Morgan fingerprint density at radius 2 is 1.60 bits per heavy atom. The predicted octanol–water partition coefficient (Wildman–Crippen LogP) is 5.25. The highest BCUT2D eigenvalue weighted by atomic mass is 19.1. The molecule has 0 aromatic heterocycles. The standard InChI is InChI=1S/C34H35FN2O3/c1-3-40-34(39)32-29-21-20-28(23-30(29)36(2)22-10-11-24-16-18-27(35)19-17-24)37(32)33(38)31(25-12-6-4-7-13-25)26-14-8-5-9-15-26/h4-9,12-19,28-32H,3,20-23H2,1-2H3/t28-,29+,30?,32-/m0/s1. The van der Waals surface area contributed by atoms with E-state index in [1.165, 1.54) is 12.1 Å². The highest BCUT2D eigenvalue weighted by Crippen LogP contribution is 2.44. The molecule has 0 N–H and O–H groups in total. The highest BCUT2D eigenvalue weighted by molar-refractivity contribution is 5.92. The summed E-state index contributed by atoms with van der Waals surface area (Å²) in [5, 5.41) is 0. The number of halogens is 1. The lowest BCUT2D eigenvalue weighted by molar-refractivity contribution is -0.172. The molecule has 6 rings (SSSR count). The SMILES string of the molecule is CCOC(=O)[C@@H]1[C@@H]2CC[C@@H](CC2N(C)CC#Cc2ccc(F)cc2)N1C(=O)C(c1ccccc1)c1ccccc1. The lowest BCUT2D eigenvalue weighted by Gasteiger charge is -2.56. The zero-order valence-corrected chi connectivity index (χ0v) is 23.0. The van der Waals surface area contributed by atoms with Gasteiger partial charge in [0.25, 0.3) is 0 Å². The lowest BCUT2D eigenvalue weighted by Crippen LogP contribution is -2.68. The third kappa shape index (κ3) is 5.80. The van der Waals surface area contributed by atoms with Crippen LogP contribution in [0.25, 0.3) is 0 Å². The van der Waals surface area contributed by atoms with E-state index in [-0.39, 0.29) is 42.3 Å². The van der Waals surface area contributed by atoms with Crippen molar-refractivity contribution in [1.82, 2.24) is 9.80 Å². The van der Waals surface area contributed by atoms with Crippen molar-refractivity contribution in [2.24, 2.45) is 5.92 Å². The zero-order valence-electron chi connectivity index (χ0n) is 23.0. The van der Waals surface area contributed by atoms with Crippen LogP contribution in [0.1, 0.15) is 48.8 Å². The second-order valence-electron chi connectivity index (χ2n) is 10.6. The number of ether oxygens (including phenoxy) is 1. The summed E-state index contributed by atoms with van der Waals surface area (Å²) >= 11 is 0. The minimum absolute atomic E-state index is 0.0534. The van der Waals surface area contributed by atoms with Gasteiger partial charge in [0.15, 0.2) is 0 Å². The van der Waals surface area contributed by atoms with Crippen LogP contribution in [0, 0.1) is 23.6 Å². The molecule has 1 unspecified atom stereocenters. The molecular weight excluding hydrogens is 503 g/mol. The molecule has 5 nitrogen and oxygen atoms in total. The Kier molecular flexibility index (Phi) is 8.62. The Balaban J connectivity index is 1.43. The Hall–Kier alpha value is -3.95. The van der Waals surface area contributed by atoms with Crippen LogP contribution in [-0.4, -0.2) is 60.0 Å². The van der Waals surface area contributed by atoms with E-state index in [9.17, 15) is 14.0 Å². The molecule has 1 amide bonds. The number of carbonyl (C=O) groups is 2. The van der Waals surface area contributed by atoms with Gasteiger partial charge in [0.2, 0.25) is 5.91 Å². The normalized spacial score (nSPS) is 21.7. The van der Waals surface area contributed by atoms with Crippen molar-refractivity contribution in [3.8, 4) is 11.8 Å². The van der Waals surface area contributed by atoms with Gasteiger partial charge in [0, 0.05) is 23.6 Å². The molecule has 3 fully saturated rings. The summed E-state index contributed by atoms with van der Waals surface area (Å²) in [6.45, 7) is 2.57. The molecule has 0 radical (unpaired) electrons. The van der Waals surface area contributed by atoms with E-state index < -0.39 is 12.0 Å². The van der Waals surface area contributed by atoms with E-state index >= 15 is 0 Å². The number of piperidine rings is 2. The van der Waals surface area contributed by atoms with Crippen molar-refractivity contribution in [3.63, 3.8) is 0 Å². The van der Waals surface area contributed by atoms with E-state index in [0.717, 1.165) is 36.0 Å². The molecule has 4 atom stereocenters. The summed E-state index contributed by atoms with van der Waals surface area (Å²) in [6, 6.07) is 25.1. The number of fused-ring (bicyclic) bond motifs is 3. The maximum Gasteiger partial charge on any atom is 0.329 e. The van der Waals surface area contributed by atoms with Crippen molar-refractivity contribution in [2.45, 2.75) is 50.2 Å². The fourth-order valence-corrected chi connectivity index (χ4v) is 6.38. The first kappa shape index (κ1) is 27.6. The molecule has 40 heavy (non-hydrogen) atoms. The molecule has 1 saturated carbocycles. The smallest absolute Gasteiger partial charge is 0.329 e. The molecule has 2 heterocycles. The molecule has 6 heteroatoms. The number of amides is 1. The second kappa shape index (κ2) is 12.5. The van der Waals surface area contributed by atoms with E-state index in [1.807, 2.05) is 72.6 Å². The fourth-order valence-electron chi connectivity index (χ4n) is 6.38. The number of carbonyl (C=O) groups excluding carboxylic acids is 2. The molecule has 3 aromatic rings. The Morgan fingerprint density at radius 3 is 2.20 bits per heavy atom. The number of nitrogens with zero attached hydrogens (tertiary/aromatic N) is 2.